The number of fused-ring (bicyclic) bond motifs is 1. The highest BCUT2D eigenvalue weighted by Gasteiger charge is 2.75. The molecule has 4 heterocycles. The predicted octanol–water partition coefficient (Wildman–Crippen LogP) is 1.57. The lowest BCUT2D eigenvalue weighted by Gasteiger charge is -2.38. The summed E-state index contributed by atoms with van der Waals surface area (Å²) in [5.74, 6) is -1.15. The molecule has 4 aliphatic heterocycles. The van der Waals surface area contributed by atoms with Crippen LogP contribution in [0.4, 0.5) is 5.69 Å². The minimum absolute atomic E-state index is 0.0165. The van der Waals surface area contributed by atoms with E-state index in [9.17, 15) is 19.5 Å². The van der Waals surface area contributed by atoms with Crippen LogP contribution in [-0.2, 0) is 19.1 Å². The van der Waals surface area contributed by atoms with Crippen LogP contribution in [0.25, 0.3) is 0 Å². The first kappa shape index (κ1) is 27.4. The van der Waals surface area contributed by atoms with Crippen LogP contribution in [-0.4, -0.2) is 101 Å². The van der Waals surface area contributed by atoms with E-state index in [1.807, 2.05) is 30.3 Å². The molecule has 5 rings (SSSR count). The zero-order valence-electron chi connectivity index (χ0n) is 22.1. The van der Waals surface area contributed by atoms with Crippen LogP contribution in [0.15, 0.2) is 30.3 Å². The first-order chi connectivity index (χ1) is 18.5. The van der Waals surface area contributed by atoms with Crippen LogP contribution in [0.3, 0.4) is 0 Å². The van der Waals surface area contributed by atoms with Gasteiger partial charge in [0.1, 0.15) is 6.04 Å². The first-order valence-corrected chi connectivity index (χ1v) is 14.9. The molecule has 10 heteroatoms. The molecule has 0 aliphatic carbocycles. The number of morpholine rings is 1. The second-order valence-corrected chi connectivity index (χ2v) is 12.5. The Morgan fingerprint density at radius 2 is 1.87 bits per heavy atom. The summed E-state index contributed by atoms with van der Waals surface area (Å²) in [6.45, 7) is 7.10. The summed E-state index contributed by atoms with van der Waals surface area (Å²) in [6, 6.07) is 8.76. The molecule has 9 nitrogen and oxygen atoms in total. The Labute approximate surface area is 229 Å². The van der Waals surface area contributed by atoms with Crippen molar-refractivity contribution in [3.8, 4) is 0 Å². The Kier molecular flexibility index (Phi) is 8.62. The molecule has 1 aromatic rings. The number of aliphatic hydroxyl groups excluding tert-OH is 1. The fourth-order valence-corrected chi connectivity index (χ4v) is 9.36. The minimum atomic E-state index is -0.611. The van der Waals surface area contributed by atoms with E-state index in [2.05, 4.69) is 22.5 Å². The molecule has 4 saturated heterocycles. The van der Waals surface area contributed by atoms with E-state index < -0.39 is 22.6 Å². The molecule has 6 atom stereocenters. The standard InChI is InChI=1S/C28H40N4O5S/c1-19-18-21-22(25(34)30-20-8-4-2-5-9-20)23-27(36)32(11-6-3-7-15-33)24(28(19,23)38-21)26(35)29-10-12-31-13-16-37-17-14-31/h2,4-5,8-9,19,21-24,33H,3,6-7,10-18H2,1H3,(H,29,35)(H,30,34)/t19?,21-,22+,23+,24?,28?/m1/s1. The monoisotopic (exact) mass is 544 g/mol. The van der Waals surface area contributed by atoms with Crippen molar-refractivity contribution in [2.24, 2.45) is 17.8 Å². The van der Waals surface area contributed by atoms with E-state index in [-0.39, 0.29) is 35.5 Å². The van der Waals surface area contributed by atoms with Gasteiger partial charge < -0.3 is 25.4 Å². The minimum Gasteiger partial charge on any atom is -0.396 e. The quantitative estimate of drug-likeness (QED) is 0.363. The maximum absolute atomic E-state index is 14.1. The van der Waals surface area contributed by atoms with Gasteiger partial charge in [0.2, 0.25) is 17.7 Å². The van der Waals surface area contributed by atoms with Crippen molar-refractivity contribution in [1.82, 2.24) is 15.1 Å². The molecule has 38 heavy (non-hydrogen) atoms. The maximum atomic E-state index is 14.1. The van der Waals surface area contributed by atoms with Gasteiger partial charge in [-0.2, -0.15) is 0 Å². The van der Waals surface area contributed by atoms with E-state index in [0.29, 0.717) is 32.7 Å². The number of hydrogen-bond acceptors (Lipinski definition) is 7. The molecule has 1 aromatic carbocycles. The second kappa shape index (κ2) is 11.9. The van der Waals surface area contributed by atoms with Gasteiger partial charge in [0.25, 0.3) is 0 Å². The van der Waals surface area contributed by atoms with E-state index in [1.165, 1.54) is 0 Å². The topological polar surface area (TPSA) is 111 Å². The van der Waals surface area contributed by atoms with Crippen LogP contribution >= 0.6 is 11.8 Å². The maximum Gasteiger partial charge on any atom is 0.244 e. The van der Waals surface area contributed by atoms with Gasteiger partial charge in [0.05, 0.1) is 29.8 Å². The van der Waals surface area contributed by atoms with Crippen LogP contribution in [0.5, 0.6) is 0 Å². The number of rotatable bonds is 11. The van der Waals surface area contributed by atoms with Crippen LogP contribution < -0.4 is 10.6 Å². The molecule has 4 aliphatic rings. The van der Waals surface area contributed by atoms with Gasteiger partial charge in [-0.1, -0.05) is 25.1 Å². The molecule has 0 radical (unpaired) electrons. The Morgan fingerprint density at radius 1 is 1.11 bits per heavy atom. The largest absolute Gasteiger partial charge is 0.396 e. The summed E-state index contributed by atoms with van der Waals surface area (Å²) in [5.41, 5.74) is 0.719. The van der Waals surface area contributed by atoms with E-state index >= 15 is 0 Å². The summed E-state index contributed by atoms with van der Waals surface area (Å²) in [4.78, 5) is 45.6. The van der Waals surface area contributed by atoms with Gasteiger partial charge >= 0.3 is 0 Å². The van der Waals surface area contributed by atoms with Gasteiger partial charge in [-0.15, -0.1) is 11.8 Å². The molecule has 3 N–H and O–H groups in total. The molecule has 208 valence electrons. The predicted molar refractivity (Wildman–Crippen MR) is 147 cm³/mol. The molecule has 3 unspecified atom stereocenters. The molecule has 1 spiro atoms. The fourth-order valence-electron chi connectivity index (χ4n) is 6.94. The normalized spacial score (nSPS) is 32.4. The van der Waals surface area contributed by atoms with Gasteiger partial charge in [-0.05, 0) is 43.7 Å². The van der Waals surface area contributed by atoms with E-state index in [1.54, 1.807) is 16.7 Å². The number of benzene rings is 1. The van der Waals surface area contributed by atoms with Crippen LogP contribution in [0.2, 0.25) is 0 Å². The number of likely N-dealkylation sites (tertiary alicyclic amines) is 1. The SMILES string of the molecule is CC1C[C@H]2SC13C(C(=O)NCCN1CCOCC1)N(CCCCCO)C(=O)[C@@H]3[C@H]2C(=O)Nc1ccccc1. The zero-order valence-corrected chi connectivity index (χ0v) is 23.0. The van der Waals surface area contributed by atoms with Crippen molar-refractivity contribution < 1.29 is 24.2 Å². The molecular weight excluding hydrogens is 504 g/mol. The number of amides is 3. The number of carbonyl (C=O) groups is 3. The highest BCUT2D eigenvalue weighted by Crippen LogP contribution is 2.68. The number of ether oxygens (including phenoxy) is 1. The number of anilines is 1. The summed E-state index contributed by atoms with van der Waals surface area (Å²) in [6.07, 6.45) is 2.99. The molecule has 3 amide bonds. The van der Waals surface area contributed by atoms with E-state index in [4.69, 9.17) is 4.74 Å². The average Bonchev–Trinajstić information content (AvgIpc) is 3.51. The van der Waals surface area contributed by atoms with Crippen molar-refractivity contribution >= 4 is 35.2 Å². The Morgan fingerprint density at radius 3 is 2.61 bits per heavy atom. The third kappa shape index (κ3) is 5.08. The Balaban J connectivity index is 1.36. The zero-order chi connectivity index (χ0) is 26.7. The highest BCUT2D eigenvalue weighted by molar-refractivity contribution is 8.02. The summed E-state index contributed by atoms with van der Waals surface area (Å²) >= 11 is 1.70. The second-order valence-electron chi connectivity index (χ2n) is 11.0. The lowest BCUT2D eigenvalue weighted by Crippen LogP contribution is -2.57. The number of para-hydroxylation sites is 1. The number of thioether (sulfide) groups is 1. The number of carbonyl (C=O) groups excluding carboxylic acids is 3. The molecule has 0 aromatic heterocycles. The summed E-state index contributed by atoms with van der Waals surface area (Å²) in [7, 11) is 0. The fraction of sp³-hybridized carbons (Fsp3) is 0.679. The van der Waals surface area contributed by atoms with Crippen molar-refractivity contribution in [3.63, 3.8) is 0 Å². The van der Waals surface area contributed by atoms with Crippen LogP contribution in [0, 0.1) is 17.8 Å². The van der Waals surface area contributed by atoms with Crippen LogP contribution in [0.1, 0.15) is 32.6 Å². The third-order valence-electron chi connectivity index (χ3n) is 8.73. The van der Waals surface area contributed by atoms with Crippen molar-refractivity contribution in [2.75, 3.05) is 57.9 Å². The summed E-state index contributed by atoms with van der Waals surface area (Å²) in [5, 5.41) is 15.4. The first-order valence-electron chi connectivity index (χ1n) is 14.0. The molecule has 2 bridgehead atoms. The number of nitrogens with zero attached hydrogens (tertiary/aromatic N) is 2. The molecule has 4 fully saturated rings. The number of hydrogen-bond donors (Lipinski definition) is 3. The number of nitrogens with one attached hydrogen (secondary N) is 2. The molecule has 0 saturated carbocycles. The van der Waals surface area contributed by atoms with Crippen molar-refractivity contribution in [1.29, 1.82) is 0 Å². The Bertz CT molecular complexity index is 1010. The lowest BCUT2D eigenvalue weighted by molar-refractivity contribution is -0.139. The lowest BCUT2D eigenvalue weighted by atomic mass is 9.66. The third-order valence-corrected chi connectivity index (χ3v) is 10.8. The van der Waals surface area contributed by atoms with Gasteiger partial charge in [-0.25, -0.2) is 0 Å². The van der Waals surface area contributed by atoms with E-state index in [0.717, 1.165) is 44.6 Å². The average molecular weight is 545 g/mol. The molecular formula is C28H40N4O5S. The Hall–Kier alpha value is -2.14. The summed E-state index contributed by atoms with van der Waals surface area (Å²) < 4.78 is 4.81. The highest BCUT2D eigenvalue weighted by atomic mass is 32.2. The van der Waals surface area contributed by atoms with Gasteiger partial charge in [0, 0.05) is 50.3 Å². The smallest absolute Gasteiger partial charge is 0.244 e. The van der Waals surface area contributed by atoms with Gasteiger partial charge in [0.15, 0.2) is 0 Å². The van der Waals surface area contributed by atoms with Crippen molar-refractivity contribution in [2.45, 2.75) is 48.6 Å². The number of aliphatic hydroxyl groups is 1. The van der Waals surface area contributed by atoms with Gasteiger partial charge in [-0.3, -0.25) is 19.3 Å². The number of unbranched alkanes of at least 4 members (excludes halogenated alkanes) is 2. The van der Waals surface area contributed by atoms with Crippen molar-refractivity contribution in [3.05, 3.63) is 30.3 Å².